The van der Waals surface area contributed by atoms with Gasteiger partial charge in [-0.2, -0.15) is 9.90 Å². The lowest BCUT2D eigenvalue weighted by molar-refractivity contribution is 1.20. The molecule has 1 aromatic rings. The summed E-state index contributed by atoms with van der Waals surface area (Å²) >= 11 is 0. The van der Waals surface area contributed by atoms with Crippen LogP contribution in [0.2, 0.25) is 0 Å². The van der Waals surface area contributed by atoms with Crippen LogP contribution in [0.15, 0.2) is 67.3 Å². The number of hydrogen-bond donors (Lipinski definition) is 0. The van der Waals surface area contributed by atoms with Crippen molar-refractivity contribution < 1.29 is 0 Å². The Morgan fingerprint density at radius 1 is 1.14 bits per heavy atom. The summed E-state index contributed by atoms with van der Waals surface area (Å²) in [6.07, 6.45) is 6.57. The Bertz CT molecular complexity index is 309. The molecule has 1 unspecified atom stereocenters. The second-order valence-corrected chi connectivity index (χ2v) is 2.84. The van der Waals surface area contributed by atoms with Gasteiger partial charge < -0.3 is 0 Å². The minimum Gasteiger partial charge on any atom is -0.153 e. The van der Waals surface area contributed by atoms with Crippen molar-refractivity contribution in [3.8, 4) is 0 Å². The molecule has 0 aliphatic rings. The average Bonchev–Trinajstić information content (AvgIpc) is 2.19. The molecule has 0 spiro atoms. The van der Waals surface area contributed by atoms with Gasteiger partial charge in [0.15, 0.2) is 0 Å². The van der Waals surface area contributed by atoms with Crippen LogP contribution in [-0.4, -0.2) is 0 Å². The van der Waals surface area contributed by atoms with Crippen molar-refractivity contribution in [1.29, 1.82) is 0 Å². The van der Waals surface area contributed by atoms with E-state index in [1.165, 1.54) is 11.1 Å². The van der Waals surface area contributed by atoms with Gasteiger partial charge in [-0.25, -0.2) is 0 Å². The molecule has 1 rings (SSSR count). The van der Waals surface area contributed by atoms with E-state index in [9.17, 15) is 0 Å². The van der Waals surface area contributed by atoms with E-state index in [2.05, 4.69) is 25.3 Å². The Hall–Kier alpha value is -1.13. The fourth-order valence-electron chi connectivity index (χ4n) is 1.18. The first kappa shape index (κ1) is 12.9. The molecule has 0 aliphatic heterocycles. The molecule has 74 valence electrons. The van der Waals surface area contributed by atoms with Gasteiger partial charge in [-0.05, 0) is 17.6 Å². The zero-order valence-electron chi connectivity index (χ0n) is 8.45. The van der Waals surface area contributed by atoms with Gasteiger partial charge in [0.1, 0.15) is 0 Å². The Morgan fingerprint density at radius 3 is 2.29 bits per heavy atom. The molecule has 0 N–H and O–H groups in total. The maximum atomic E-state index is 3.76. The number of rotatable bonds is 4. The van der Waals surface area contributed by atoms with Crippen molar-refractivity contribution in [2.75, 3.05) is 0 Å². The van der Waals surface area contributed by atoms with E-state index >= 15 is 0 Å². The van der Waals surface area contributed by atoms with Crippen LogP contribution in [0, 0.1) is 0 Å². The van der Waals surface area contributed by atoms with Crippen LogP contribution in [0.5, 0.6) is 0 Å². The summed E-state index contributed by atoms with van der Waals surface area (Å²) < 4.78 is 0. The Balaban J connectivity index is 0.00000169. The van der Waals surface area contributed by atoms with Crippen LogP contribution < -0.4 is 0 Å². The van der Waals surface area contributed by atoms with E-state index in [0.717, 1.165) is 6.42 Å². The molecule has 1 heteroatoms. The second kappa shape index (κ2) is 7.29. The van der Waals surface area contributed by atoms with Crippen LogP contribution in [-0.2, 0) is 6.42 Å². The third kappa shape index (κ3) is 4.20. The Morgan fingerprint density at radius 2 is 1.79 bits per heavy atom. The van der Waals surface area contributed by atoms with Crippen molar-refractivity contribution in [2.45, 2.75) is 6.42 Å². The number of benzene rings is 1. The molecule has 0 fully saturated rings. The monoisotopic (exact) mass is 204 g/mol. The molecule has 0 saturated carbocycles. The molecule has 0 heterocycles. The molecule has 0 aliphatic carbocycles. The minimum atomic E-state index is 0. The van der Waals surface area contributed by atoms with E-state index in [4.69, 9.17) is 0 Å². The third-order valence-electron chi connectivity index (χ3n) is 1.85. The molecular weight excluding hydrogens is 187 g/mol. The van der Waals surface area contributed by atoms with Gasteiger partial charge in [-0.15, -0.1) is 0 Å². The van der Waals surface area contributed by atoms with E-state index in [1.54, 1.807) is 6.08 Å². The maximum absolute atomic E-state index is 3.76. The topological polar surface area (TPSA) is 0 Å². The molecule has 0 amide bonds. The lowest BCUT2D eigenvalue weighted by Crippen LogP contribution is -1.86. The number of hydrogen-bond acceptors (Lipinski definition) is 0. The zero-order chi connectivity index (χ0) is 9.52. The van der Waals surface area contributed by atoms with Crippen LogP contribution in [0.3, 0.4) is 0 Å². The van der Waals surface area contributed by atoms with Crippen molar-refractivity contribution in [3.63, 3.8) is 0 Å². The summed E-state index contributed by atoms with van der Waals surface area (Å²) in [5.74, 6) is 0. The van der Waals surface area contributed by atoms with Gasteiger partial charge in [0.05, 0.1) is 0 Å². The molecular formula is C13H17P. The highest BCUT2D eigenvalue weighted by Crippen LogP contribution is 2.08. The first-order valence-corrected chi connectivity index (χ1v) is 4.34. The Kier molecular flexibility index (Phi) is 6.70. The van der Waals surface area contributed by atoms with Gasteiger partial charge in [-0.1, -0.05) is 61.7 Å². The first-order valence-electron chi connectivity index (χ1n) is 4.34. The zero-order valence-corrected chi connectivity index (χ0v) is 9.86. The minimum absolute atomic E-state index is 0. The summed E-state index contributed by atoms with van der Waals surface area (Å²) in [4.78, 5) is 0. The standard InChI is InChI=1S/C13H14.H3P/c1-3-8-12(4-2)11-13-9-6-5-7-10-13;/h3-10H,1-2,11H2;1H3/b12-8+;. The normalized spacial score (nSPS) is 10.1. The predicted octanol–water partition coefficient (Wildman–Crippen LogP) is 3.59. The highest BCUT2D eigenvalue weighted by Gasteiger charge is 1.92. The lowest BCUT2D eigenvalue weighted by Gasteiger charge is -2.00. The van der Waals surface area contributed by atoms with E-state index < -0.39 is 0 Å². The SMILES string of the molecule is C=C/C=C(\C=C)Cc1ccccc1.P. The largest absolute Gasteiger partial charge is 0.153 e. The summed E-state index contributed by atoms with van der Waals surface area (Å²) in [5.41, 5.74) is 2.50. The molecule has 0 nitrogen and oxygen atoms in total. The quantitative estimate of drug-likeness (QED) is 0.519. The number of allylic oxidation sites excluding steroid dienone is 4. The van der Waals surface area contributed by atoms with Gasteiger partial charge >= 0.3 is 0 Å². The van der Waals surface area contributed by atoms with Gasteiger partial charge in [-0.3, -0.25) is 0 Å². The van der Waals surface area contributed by atoms with Gasteiger partial charge in [0.2, 0.25) is 0 Å². The van der Waals surface area contributed by atoms with Gasteiger partial charge in [0.25, 0.3) is 0 Å². The van der Waals surface area contributed by atoms with Crippen molar-refractivity contribution in [2.24, 2.45) is 0 Å². The molecule has 0 saturated heterocycles. The van der Waals surface area contributed by atoms with Crippen molar-refractivity contribution in [3.05, 3.63) is 72.9 Å². The fourth-order valence-corrected chi connectivity index (χ4v) is 1.18. The highest BCUT2D eigenvalue weighted by atomic mass is 31.0. The predicted molar refractivity (Wildman–Crippen MR) is 69.7 cm³/mol. The van der Waals surface area contributed by atoms with Crippen LogP contribution in [0.25, 0.3) is 0 Å². The molecule has 0 radical (unpaired) electrons. The van der Waals surface area contributed by atoms with Crippen LogP contribution >= 0.6 is 9.90 Å². The average molecular weight is 204 g/mol. The molecule has 1 atom stereocenters. The highest BCUT2D eigenvalue weighted by molar-refractivity contribution is 6.92. The molecule has 0 bridgehead atoms. The third-order valence-corrected chi connectivity index (χ3v) is 1.85. The van der Waals surface area contributed by atoms with Crippen molar-refractivity contribution >= 4 is 9.90 Å². The fraction of sp³-hybridized carbons (Fsp3) is 0.0769. The molecule has 0 aromatic heterocycles. The van der Waals surface area contributed by atoms with E-state index in [1.807, 2.05) is 30.4 Å². The maximum Gasteiger partial charge on any atom is -0.00260 e. The summed E-state index contributed by atoms with van der Waals surface area (Å²) in [7, 11) is 0. The van der Waals surface area contributed by atoms with Crippen molar-refractivity contribution in [1.82, 2.24) is 0 Å². The molecule has 14 heavy (non-hydrogen) atoms. The summed E-state index contributed by atoms with van der Waals surface area (Å²) in [5, 5.41) is 0. The van der Waals surface area contributed by atoms with Crippen LogP contribution in [0.1, 0.15) is 5.56 Å². The van der Waals surface area contributed by atoms with Gasteiger partial charge in [0, 0.05) is 0 Å². The Labute approximate surface area is 89.7 Å². The van der Waals surface area contributed by atoms with E-state index in [0.29, 0.717) is 0 Å². The van der Waals surface area contributed by atoms with Crippen LogP contribution in [0.4, 0.5) is 0 Å². The summed E-state index contributed by atoms with van der Waals surface area (Å²) in [6, 6.07) is 10.3. The van der Waals surface area contributed by atoms with E-state index in [-0.39, 0.29) is 9.90 Å². The summed E-state index contributed by atoms with van der Waals surface area (Å²) in [6.45, 7) is 7.43. The smallest absolute Gasteiger partial charge is 0.00260 e. The first-order chi connectivity index (χ1) is 6.36. The lowest BCUT2D eigenvalue weighted by atomic mass is 10.1. The molecule has 1 aromatic carbocycles. The second-order valence-electron chi connectivity index (χ2n) is 2.84.